The Balaban J connectivity index is 2.02. The smallest absolute Gasteiger partial charge is 0.413 e. The van der Waals surface area contributed by atoms with Crippen LogP contribution in [-0.2, 0) is 4.74 Å². The third-order valence-electron chi connectivity index (χ3n) is 3.08. The van der Waals surface area contributed by atoms with Gasteiger partial charge in [0.05, 0.1) is 19.7 Å². The summed E-state index contributed by atoms with van der Waals surface area (Å²) < 4.78 is 4.52. The molecule has 2 rings (SSSR count). The van der Waals surface area contributed by atoms with Crippen molar-refractivity contribution in [2.24, 2.45) is 4.99 Å². The Labute approximate surface area is 106 Å². The summed E-state index contributed by atoms with van der Waals surface area (Å²) in [7, 11) is 1.33. The van der Waals surface area contributed by atoms with Gasteiger partial charge in [-0.3, -0.25) is 10.3 Å². The molecule has 0 bridgehead atoms. The number of nitrogens with zero attached hydrogens (tertiary/aromatic N) is 1. The van der Waals surface area contributed by atoms with Crippen molar-refractivity contribution in [2.45, 2.75) is 19.9 Å². The number of methoxy groups -OCH3 is 1. The molecule has 0 aromatic heterocycles. The van der Waals surface area contributed by atoms with Gasteiger partial charge in [-0.15, -0.1) is 0 Å². The van der Waals surface area contributed by atoms with Gasteiger partial charge >= 0.3 is 6.09 Å². The van der Waals surface area contributed by atoms with Crippen molar-refractivity contribution in [1.82, 2.24) is 10.6 Å². The summed E-state index contributed by atoms with van der Waals surface area (Å²) in [6, 6.07) is 6.43. The number of ether oxygens (including phenoxy) is 1. The van der Waals surface area contributed by atoms with Crippen LogP contribution in [0.4, 0.5) is 4.79 Å². The number of aryl methyl sites for hydroxylation is 2. The fourth-order valence-electron chi connectivity index (χ4n) is 1.83. The maximum atomic E-state index is 11.1. The lowest BCUT2D eigenvalue weighted by Crippen LogP contribution is -2.39. The molecule has 5 nitrogen and oxygen atoms in total. The summed E-state index contributed by atoms with van der Waals surface area (Å²) >= 11 is 0. The van der Waals surface area contributed by atoms with Crippen LogP contribution in [0.25, 0.3) is 0 Å². The average Bonchev–Trinajstić information content (AvgIpc) is 2.81. The Bertz CT molecular complexity index is 497. The van der Waals surface area contributed by atoms with Crippen LogP contribution in [0.15, 0.2) is 23.2 Å². The minimum atomic E-state index is -0.512. The molecule has 2 N–H and O–H groups in total. The quantitative estimate of drug-likeness (QED) is 0.793. The third kappa shape index (κ3) is 2.61. The van der Waals surface area contributed by atoms with Crippen LogP contribution >= 0.6 is 0 Å². The van der Waals surface area contributed by atoms with Gasteiger partial charge in [0.2, 0.25) is 5.96 Å². The molecular weight excluding hydrogens is 230 g/mol. The van der Waals surface area contributed by atoms with E-state index in [4.69, 9.17) is 0 Å². The molecule has 18 heavy (non-hydrogen) atoms. The van der Waals surface area contributed by atoms with E-state index in [2.05, 4.69) is 52.4 Å². The molecule has 1 aliphatic heterocycles. The molecule has 1 aliphatic rings. The highest BCUT2D eigenvalue weighted by atomic mass is 16.5. The van der Waals surface area contributed by atoms with Gasteiger partial charge in [0.1, 0.15) is 0 Å². The van der Waals surface area contributed by atoms with Gasteiger partial charge in [-0.05, 0) is 30.5 Å². The van der Waals surface area contributed by atoms with Crippen LogP contribution in [0.5, 0.6) is 0 Å². The Kier molecular flexibility index (Phi) is 3.50. The van der Waals surface area contributed by atoms with Gasteiger partial charge in [-0.25, -0.2) is 4.79 Å². The van der Waals surface area contributed by atoms with Gasteiger partial charge in [0.25, 0.3) is 0 Å². The van der Waals surface area contributed by atoms with E-state index in [1.165, 1.54) is 23.8 Å². The van der Waals surface area contributed by atoms with E-state index < -0.39 is 6.09 Å². The number of guanidine groups is 1. The maximum Gasteiger partial charge on any atom is 0.413 e. The highest BCUT2D eigenvalue weighted by Gasteiger charge is 2.20. The van der Waals surface area contributed by atoms with Crippen molar-refractivity contribution in [3.05, 3.63) is 34.9 Å². The van der Waals surface area contributed by atoms with E-state index >= 15 is 0 Å². The van der Waals surface area contributed by atoms with E-state index in [1.54, 1.807) is 0 Å². The zero-order valence-corrected chi connectivity index (χ0v) is 10.8. The molecule has 1 amide bonds. The summed E-state index contributed by atoms with van der Waals surface area (Å²) in [5.41, 5.74) is 3.69. The first-order chi connectivity index (χ1) is 8.60. The predicted octanol–water partition coefficient (Wildman–Crippen LogP) is 1.66. The number of carbonyl (C=O) groups is 1. The van der Waals surface area contributed by atoms with Crippen molar-refractivity contribution in [3.8, 4) is 0 Å². The fraction of sp³-hybridized carbons (Fsp3) is 0.385. The number of benzene rings is 1. The molecule has 0 fully saturated rings. The first-order valence-electron chi connectivity index (χ1n) is 5.83. The van der Waals surface area contributed by atoms with Crippen molar-refractivity contribution >= 4 is 12.1 Å². The first-order valence-corrected chi connectivity index (χ1v) is 5.83. The van der Waals surface area contributed by atoms with E-state index in [0.717, 1.165) is 0 Å². The number of alkyl carbamates (subject to hydrolysis) is 1. The number of aliphatic imine (C=N–C) groups is 1. The molecule has 1 atom stereocenters. The molecule has 96 valence electrons. The van der Waals surface area contributed by atoms with E-state index in [1.807, 2.05) is 0 Å². The standard InChI is InChI=1S/C13H17N3O2/c1-8-4-5-10(6-9(8)2)11-7-14-12(15-11)16-13(17)18-3/h4-6,11H,7H2,1-3H3,(H2,14,15,16,17). The van der Waals surface area contributed by atoms with Crippen LogP contribution in [-0.4, -0.2) is 25.7 Å². The topological polar surface area (TPSA) is 62.7 Å². The van der Waals surface area contributed by atoms with E-state index in [0.29, 0.717) is 12.5 Å². The normalized spacial score (nSPS) is 17.9. The molecule has 1 unspecified atom stereocenters. The molecule has 1 aromatic carbocycles. The molecule has 0 aliphatic carbocycles. The summed E-state index contributed by atoms with van der Waals surface area (Å²) in [5.74, 6) is 0.463. The molecule has 1 aromatic rings. The average molecular weight is 247 g/mol. The number of rotatable bonds is 1. The lowest BCUT2D eigenvalue weighted by Gasteiger charge is -2.13. The van der Waals surface area contributed by atoms with Crippen molar-refractivity contribution < 1.29 is 9.53 Å². The fourth-order valence-corrected chi connectivity index (χ4v) is 1.83. The molecule has 0 saturated heterocycles. The van der Waals surface area contributed by atoms with Crippen LogP contribution in [0.2, 0.25) is 0 Å². The lowest BCUT2D eigenvalue weighted by atomic mass is 10.0. The Morgan fingerprint density at radius 3 is 2.89 bits per heavy atom. The van der Waals surface area contributed by atoms with Crippen molar-refractivity contribution in [1.29, 1.82) is 0 Å². The highest BCUT2D eigenvalue weighted by Crippen LogP contribution is 2.19. The van der Waals surface area contributed by atoms with Gasteiger partial charge in [0.15, 0.2) is 0 Å². The zero-order chi connectivity index (χ0) is 13.1. The second kappa shape index (κ2) is 5.08. The number of nitrogens with one attached hydrogen (secondary N) is 2. The van der Waals surface area contributed by atoms with Gasteiger partial charge in [-0.1, -0.05) is 18.2 Å². The summed E-state index contributed by atoms with van der Waals surface area (Å²) in [6.07, 6.45) is -0.512. The van der Waals surface area contributed by atoms with E-state index in [-0.39, 0.29) is 6.04 Å². The monoisotopic (exact) mass is 247 g/mol. The van der Waals surface area contributed by atoms with Crippen LogP contribution < -0.4 is 10.6 Å². The summed E-state index contributed by atoms with van der Waals surface area (Å²) in [6.45, 7) is 4.78. The van der Waals surface area contributed by atoms with Crippen LogP contribution in [0.1, 0.15) is 22.7 Å². The Morgan fingerprint density at radius 1 is 1.44 bits per heavy atom. The van der Waals surface area contributed by atoms with Gasteiger partial charge < -0.3 is 10.1 Å². The minimum Gasteiger partial charge on any atom is -0.453 e. The predicted molar refractivity (Wildman–Crippen MR) is 69.6 cm³/mol. The van der Waals surface area contributed by atoms with Gasteiger partial charge in [0, 0.05) is 0 Å². The molecule has 0 spiro atoms. The Hall–Kier alpha value is -2.04. The molecule has 5 heteroatoms. The SMILES string of the molecule is COC(=O)NC1=NCC(c2ccc(C)c(C)c2)N1. The molecule has 0 radical (unpaired) electrons. The number of amides is 1. The second-order valence-electron chi connectivity index (χ2n) is 4.35. The Morgan fingerprint density at radius 2 is 2.22 bits per heavy atom. The lowest BCUT2D eigenvalue weighted by molar-refractivity contribution is 0.176. The van der Waals surface area contributed by atoms with Crippen molar-refractivity contribution in [2.75, 3.05) is 13.7 Å². The largest absolute Gasteiger partial charge is 0.453 e. The number of carbonyl (C=O) groups excluding carboxylic acids is 1. The van der Waals surface area contributed by atoms with E-state index in [9.17, 15) is 4.79 Å². The minimum absolute atomic E-state index is 0.108. The van der Waals surface area contributed by atoms with Crippen LogP contribution in [0.3, 0.4) is 0 Å². The molecule has 0 saturated carbocycles. The third-order valence-corrected chi connectivity index (χ3v) is 3.08. The highest BCUT2D eigenvalue weighted by molar-refractivity contribution is 5.94. The second-order valence-corrected chi connectivity index (χ2v) is 4.35. The maximum absolute atomic E-state index is 11.1. The van der Waals surface area contributed by atoms with Crippen LogP contribution in [0, 0.1) is 13.8 Å². The molecule has 1 heterocycles. The first kappa shape index (κ1) is 12.4. The summed E-state index contributed by atoms with van der Waals surface area (Å²) in [4.78, 5) is 15.3. The molecular formula is C13H17N3O2. The summed E-state index contributed by atoms with van der Waals surface area (Å²) in [5, 5.41) is 5.69. The number of hydrogen-bond donors (Lipinski definition) is 2. The van der Waals surface area contributed by atoms with Crippen molar-refractivity contribution in [3.63, 3.8) is 0 Å². The van der Waals surface area contributed by atoms with Gasteiger partial charge in [-0.2, -0.15) is 0 Å². The number of hydrogen-bond acceptors (Lipinski definition) is 4. The zero-order valence-electron chi connectivity index (χ0n) is 10.8.